The normalized spacial score (nSPS) is 19.8. The second kappa shape index (κ2) is 5.83. The largest absolute Gasteiger partial charge is 0.381 e. The highest BCUT2D eigenvalue weighted by molar-refractivity contribution is 4.80. The van der Waals surface area contributed by atoms with E-state index in [9.17, 15) is 0 Å². The van der Waals surface area contributed by atoms with Crippen LogP contribution in [0.15, 0.2) is 0 Å². The maximum Gasteiger partial charge on any atom is 0.0469 e. The molecule has 0 amide bonds. The second-order valence-electron chi connectivity index (χ2n) is 5.39. The number of hydrogen-bond donors (Lipinski definition) is 1. The monoisotopic (exact) mass is 214 g/mol. The topological polar surface area (TPSA) is 24.5 Å². The first-order valence-corrected chi connectivity index (χ1v) is 5.99. The van der Waals surface area contributed by atoms with Crippen molar-refractivity contribution in [2.45, 2.75) is 32.2 Å². The van der Waals surface area contributed by atoms with Crippen molar-refractivity contribution >= 4 is 0 Å². The average Bonchev–Trinajstić information content (AvgIpc) is 2.18. The van der Waals surface area contributed by atoms with Crippen LogP contribution < -0.4 is 5.32 Å². The quantitative estimate of drug-likeness (QED) is 0.747. The van der Waals surface area contributed by atoms with Crippen molar-refractivity contribution in [3.05, 3.63) is 0 Å². The van der Waals surface area contributed by atoms with Gasteiger partial charge in [-0.2, -0.15) is 0 Å². The lowest BCUT2D eigenvalue weighted by atomic mass is 9.98. The lowest BCUT2D eigenvalue weighted by Gasteiger charge is -2.33. The van der Waals surface area contributed by atoms with Crippen molar-refractivity contribution in [1.82, 2.24) is 10.2 Å². The summed E-state index contributed by atoms with van der Waals surface area (Å²) in [6.07, 6.45) is 2.45. The van der Waals surface area contributed by atoms with E-state index in [1.165, 1.54) is 19.4 Å². The summed E-state index contributed by atoms with van der Waals surface area (Å²) in [5.74, 6) is 0.830. The van der Waals surface area contributed by atoms with Crippen molar-refractivity contribution < 1.29 is 4.74 Å². The number of nitrogens with one attached hydrogen (secondary N) is 1. The van der Waals surface area contributed by atoms with E-state index in [1.54, 1.807) is 0 Å². The Balaban J connectivity index is 2.25. The molecule has 0 saturated carbocycles. The van der Waals surface area contributed by atoms with Gasteiger partial charge in [-0.25, -0.2) is 0 Å². The first-order valence-electron chi connectivity index (χ1n) is 5.99. The predicted molar refractivity (Wildman–Crippen MR) is 64.2 cm³/mol. The molecule has 3 heteroatoms. The highest BCUT2D eigenvalue weighted by atomic mass is 16.5. The summed E-state index contributed by atoms with van der Waals surface area (Å²) in [7, 11) is 4.25. The van der Waals surface area contributed by atoms with Gasteiger partial charge in [0.2, 0.25) is 0 Å². The standard InChI is InChI=1S/C12H26N2O/c1-12(2,13-3)10-14(4)9-11-5-7-15-8-6-11/h11,13H,5-10H2,1-4H3. The molecule has 0 aromatic heterocycles. The van der Waals surface area contributed by atoms with Gasteiger partial charge < -0.3 is 15.0 Å². The molecule has 0 atom stereocenters. The van der Waals surface area contributed by atoms with Crippen LogP contribution in [0.5, 0.6) is 0 Å². The molecular formula is C12H26N2O. The average molecular weight is 214 g/mol. The molecule has 0 aromatic rings. The lowest BCUT2D eigenvalue weighted by molar-refractivity contribution is 0.0532. The Morgan fingerprint density at radius 2 is 1.93 bits per heavy atom. The number of rotatable bonds is 5. The molecule has 1 aliphatic rings. The zero-order chi connectivity index (χ0) is 11.3. The van der Waals surface area contributed by atoms with Gasteiger partial charge in [-0.05, 0) is 46.7 Å². The molecule has 0 spiro atoms. The fourth-order valence-corrected chi connectivity index (χ4v) is 2.19. The summed E-state index contributed by atoms with van der Waals surface area (Å²) in [5, 5.41) is 3.34. The van der Waals surface area contributed by atoms with Gasteiger partial charge in [0.05, 0.1) is 0 Å². The molecule has 0 aliphatic carbocycles. The van der Waals surface area contributed by atoms with Gasteiger partial charge in [-0.3, -0.25) is 0 Å². The van der Waals surface area contributed by atoms with Gasteiger partial charge in [0.1, 0.15) is 0 Å². The molecule has 90 valence electrons. The number of hydrogen-bond acceptors (Lipinski definition) is 3. The fraction of sp³-hybridized carbons (Fsp3) is 1.00. The van der Waals surface area contributed by atoms with E-state index >= 15 is 0 Å². The van der Waals surface area contributed by atoms with E-state index in [0.29, 0.717) is 0 Å². The third-order valence-electron chi connectivity index (χ3n) is 3.25. The van der Waals surface area contributed by atoms with E-state index in [2.05, 4.69) is 31.1 Å². The van der Waals surface area contributed by atoms with Crippen LogP contribution in [-0.2, 0) is 4.74 Å². The molecule has 1 fully saturated rings. The van der Waals surface area contributed by atoms with Crippen LogP contribution in [-0.4, -0.2) is 50.8 Å². The van der Waals surface area contributed by atoms with E-state index in [-0.39, 0.29) is 5.54 Å². The van der Waals surface area contributed by atoms with Crippen molar-refractivity contribution in [2.24, 2.45) is 5.92 Å². The molecule has 1 rings (SSSR count). The van der Waals surface area contributed by atoms with Crippen LogP contribution in [0.1, 0.15) is 26.7 Å². The molecule has 1 aliphatic heterocycles. The van der Waals surface area contributed by atoms with Gasteiger partial charge in [0.15, 0.2) is 0 Å². The summed E-state index contributed by atoms with van der Waals surface area (Å²) < 4.78 is 5.37. The van der Waals surface area contributed by atoms with Crippen LogP contribution in [0.2, 0.25) is 0 Å². The van der Waals surface area contributed by atoms with Gasteiger partial charge in [0.25, 0.3) is 0 Å². The summed E-state index contributed by atoms with van der Waals surface area (Å²) in [5.41, 5.74) is 0.208. The number of ether oxygens (including phenoxy) is 1. The lowest BCUT2D eigenvalue weighted by Crippen LogP contribution is -2.47. The highest BCUT2D eigenvalue weighted by Crippen LogP contribution is 2.16. The highest BCUT2D eigenvalue weighted by Gasteiger charge is 2.20. The molecule has 0 aromatic carbocycles. The first kappa shape index (κ1) is 12.9. The summed E-state index contributed by atoms with van der Waals surface area (Å²) in [6.45, 7) is 8.69. The van der Waals surface area contributed by atoms with Crippen LogP contribution in [0.4, 0.5) is 0 Å². The maximum atomic E-state index is 5.37. The molecule has 3 nitrogen and oxygen atoms in total. The molecule has 0 unspecified atom stereocenters. The zero-order valence-corrected chi connectivity index (χ0v) is 10.7. The molecule has 1 saturated heterocycles. The summed E-state index contributed by atoms with van der Waals surface area (Å²) in [4.78, 5) is 2.44. The van der Waals surface area contributed by atoms with Crippen LogP contribution in [0.3, 0.4) is 0 Å². The van der Waals surface area contributed by atoms with Gasteiger partial charge >= 0.3 is 0 Å². The third-order valence-corrected chi connectivity index (χ3v) is 3.25. The van der Waals surface area contributed by atoms with E-state index in [0.717, 1.165) is 25.7 Å². The Morgan fingerprint density at radius 1 is 1.33 bits per heavy atom. The Bertz CT molecular complexity index is 176. The van der Waals surface area contributed by atoms with Gasteiger partial charge in [-0.1, -0.05) is 0 Å². The first-order chi connectivity index (χ1) is 7.03. The summed E-state index contributed by atoms with van der Waals surface area (Å²) >= 11 is 0. The Hall–Kier alpha value is -0.120. The zero-order valence-electron chi connectivity index (χ0n) is 10.7. The second-order valence-corrected chi connectivity index (χ2v) is 5.39. The SMILES string of the molecule is CNC(C)(C)CN(C)CC1CCOCC1. The summed E-state index contributed by atoms with van der Waals surface area (Å²) in [6, 6.07) is 0. The van der Waals surface area contributed by atoms with Crippen LogP contribution in [0, 0.1) is 5.92 Å². The molecule has 15 heavy (non-hydrogen) atoms. The third kappa shape index (κ3) is 4.96. The molecule has 0 radical (unpaired) electrons. The van der Waals surface area contributed by atoms with Gasteiger partial charge in [0, 0.05) is 31.8 Å². The molecular weight excluding hydrogens is 188 g/mol. The van der Waals surface area contributed by atoms with Crippen molar-refractivity contribution in [1.29, 1.82) is 0 Å². The Morgan fingerprint density at radius 3 is 2.47 bits per heavy atom. The Labute approximate surface area is 94.2 Å². The smallest absolute Gasteiger partial charge is 0.0469 e. The minimum Gasteiger partial charge on any atom is -0.381 e. The van der Waals surface area contributed by atoms with E-state index in [1.807, 2.05) is 7.05 Å². The van der Waals surface area contributed by atoms with E-state index < -0.39 is 0 Å². The minimum absolute atomic E-state index is 0.208. The predicted octanol–water partition coefficient (Wildman–Crippen LogP) is 1.34. The molecule has 0 bridgehead atoms. The van der Waals surface area contributed by atoms with Crippen LogP contribution in [0.25, 0.3) is 0 Å². The van der Waals surface area contributed by atoms with Gasteiger partial charge in [-0.15, -0.1) is 0 Å². The molecule has 1 N–H and O–H groups in total. The minimum atomic E-state index is 0.208. The number of likely N-dealkylation sites (N-methyl/N-ethyl adjacent to an activating group) is 2. The maximum absolute atomic E-state index is 5.37. The number of nitrogens with zero attached hydrogens (tertiary/aromatic N) is 1. The van der Waals surface area contributed by atoms with Crippen LogP contribution >= 0.6 is 0 Å². The van der Waals surface area contributed by atoms with Crippen molar-refractivity contribution in [3.63, 3.8) is 0 Å². The fourth-order valence-electron chi connectivity index (χ4n) is 2.19. The van der Waals surface area contributed by atoms with Crippen molar-refractivity contribution in [3.8, 4) is 0 Å². The van der Waals surface area contributed by atoms with Crippen molar-refractivity contribution in [2.75, 3.05) is 40.4 Å². The Kier molecular flexibility index (Phi) is 5.03. The molecule has 1 heterocycles. The van der Waals surface area contributed by atoms with E-state index in [4.69, 9.17) is 4.74 Å².